The van der Waals surface area contributed by atoms with Gasteiger partial charge in [-0.25, -0.2) is 4.98 Å². The molecule has 0 amide bonds. The largest absolute Gasteiger partial charge is 0.279 e. The highest BCUT2D eigenvalue weighted by Crippen LogP contribution is 2.40. The third-order valence-electron chi connectivity index (χ3n) is 3.82. The molecule has 1 saturated carbocycles. The topological polar surface area (TPSA) is 84.8 Å². The van der Waals surface area contributed by atoms with Gasteiger partial charge >= 0.3 is 0 Å². The average molecular weight is 326 g/mol. The number of aromatic nitrogens is 3. The van der Waals surface area contributed by atoms with Gasteiger partial charge in [-0.2, -0.15) is 8.42 Å². The van der Waals surface area contributed by atoms with Crippen LogP contribution in [0, 0.1) is 0 Å². The minimum atomic E-state index is -3.76. The Kier molecular flexibility index (Phi) is 3.23. The maximum atomic E-state index is 12.6. The highest BCUT2D eigenvalue weighted by Gasteiger charge is 2.26. The van der Waals surface area contributed by atoms with Crippen LogP contribution in [0.15, 0.2) is 53.9 Å². The minimum Gasteiger partial charge on any atom is -0.276 e. The van der Waals surface area contributed by atoms with E-state index in [2.05, 4.69) is 19.7 Å². The summed E-state index contributed by atoms with van der Waals surface area (Å²) in [6, 6.07) is 8.66. The summed E-state index contributed by atoms with van der Waals surface area (Å²) < 4.78 is 27.8. The molecule has 0 aliphatic heterocycles. The van der Waals surface area contributed by atoms with Crippen molar-refractivity contribution in [1.29, 1.82) is 0 Å². The van der Waals surface area contributed by atoms with E-state index < -0.39 is 10.0 Å². The first-order valence-electron chi connectivity index (χ1n) is 7.32. The number of fused-ring (bicyclic) bond motifs is 1. The van der Waals surface area contributed by atoms with E-state index in [0.29, 0.717) is 22.6 Å². The summed E-state index contributed by atoms with van der Waals surface area (Å²) in [5.41, 5.74) is 2.57. The normalized spacial score (nSPS) is 14.8. The molecule has 7 heteroatoms. The predicted octanol–water partition coefficient (Wildman–Crippen LogP) is 2.70. The molecule has 3 heterocycles. The number of nitrogens with one attached hydrogen (secondary N) is 1. The third kappa shape index (κ3) is 2.75. The first-order chi connectivity index (χ1) is 11.1. The summed E-state index contributed by atoms with van der Waals surface area (Å²) in [5.74, 6) is 0.468. The molecule has 0 spiro atoms. The molecular weight excluding hydrogens is 312 g/mol. The van der Waals surface area contributed by atoms with Gasteiger partial charge in [0, 0.05) is 18.6 Å². The second kappa shape index (κ2) is 5.27. The van der Waals surface area contributed by atoms with E-state index in [9.17, 15) is 8.42 Å². The Morgan fingerprint density at radius 2 is 1.83 bits per heavy atom. The second-order valence-corrected chi connectivity index (χ2v) is 7.17. The van der Waals surface area contributed by atoms with Crippen molar-refractivity contribution in [1.82, 2.24) is 15.0 Å². The monoisotopic (exact) mass is 326 g/mol. The average Bonchev–Trinajstić information content (AvgIpc) is 3.40. The molecule has 3 aromatic rings. The van der Waals surface area contributed by atoms with Crippen LogP contribution in [-0.4, -0.2) is 23.4 Å². The van der Waals surface area contributed by atoms with Gasteiger partial charge in [-0.15, -0.1) is 0 Å². The lowest BCUT2D eigenvalue weighted by Gasteiger charge is -2.10. The number of rotatable bonds is 4. The number of nitrogens with zero attached hydrogens (tertiary/aromatic N) is 3. The fourth-order valence-electron chi connectivity index (χ4n) is 2.50. The van der Waals surface area contributed by atoms with E-state index in [4.69, 9.17) is 0 Å². The molecule has 3 aromatic heterocycles. The maximum absolute atomic E-state index is 12.6. The Labute approximate surface area is 133 Å². The molecule has 1 N–H and O–H groups in total. The molecule has 0 unspecified atom stereocenters. The van der Waals surface area contributed by atoms with Crippen molar-refractivity contribution in [3.63, 3.8) is 0 Å². The van der Waals surface area contributed by atoms with Gasteiger partial charge in [0.2, 0.25) is 0 Å². The fraction of sp³-hybridized carbons (Fsp3) is 0.188. The van der Waals surface area contributed by atoms with E-state index in [1.165, 1.54) is 0 Å². The van der Waals surface area contributed by atoms with Crippen molar-refractivity contribution in [3.8, 4) is 0 Å². The van der Waals surface area contributed by atoms with E-state index in [1.54, 1.807) is 42.9 Å². The SMILES string of the molecule is O=S(=O)(Nc1ccnc2cccnc12)c1cc(C2CC2)ccn1. The lowest BCUT2D eigenvalue weighted by atomic mass is 10.2. The Morgan fingerprint density at radius 1 is 1.00 bits per heavy atom. The van der Waals surface area contributed by atoms with Crippen molar-refractivity contribution in [2.45, 2.75) is 23.8 Å². The van der Waals surface area contributed by atoms with Gasteiger partial charge in [0.25, 0.3) is 10.0 Å². The number of anilines is 1. The number of hydrogen-bond acceptors (Lipinski definition) is 5. The van der Waals surface area contributed by atoms with Gasteiger partial charge in [0.05, 0.1) is 11.2 Å². The van der Waals surface area contributed by atoms with Gasteiger partial charge < -0.3 is 0 Å². The molecule has 23 heavy (non-hydrogen) atoms. The summed E-state index contributed by atoms with van der Waals surface area (Å²) in [5, 5.41) is 0.0304. The zero-order valence-corrected chi connectivity index (χ0v) is 13.0. The van der Waals surface area contributed by atoms with Crippen LogP contribution in [0.5, 0.6) is 0 Å². The zero-order chi connectivity index (χ0) is 15.9. The molecule has 0 atom stereocenters. The van der Waals surface area contributed by atoms with E-state index in [0.717, 1.165) is 18.4 Å². The molecule has 1 fully saturated rings. The van der Waals surface area contributed by atoms with Gasteiger partial charge in [-0.1, -0.05) is 0 Å². The summed E-state index contributed by atoms with van der Waals surface area (Å²) in [4.78, 5) is 12.4. The molecule has 6 nitrogen and oxygen atoms in total. The summed E-state index contributed by atoms with van der Waals surface area (Å²) >= 11 is 0. The highest BCUT2D eigenvalue weighted by molar-refractivity contribution is 7.92. The smallest absolute Gasteiger partial charge is 0.276 e. The molecule has 0 radical (unpaired) electrons. The van der Waals surface area contributed by atoms with Crippen LogP contribution in [-0.2, 0) is 10.0 Å². The highest BCUT2D eigenvalue weighted by atomic mass is 32.2. The molecule has 116 valence electrons. The molecule has 1 aliphatic rings. The first-order valence-corrected chi connectivity index (χ1v) is 8.80. The van der Waals surface area contributed by atoms with E-state index in [1.807, 2.05) is 6.07 Å². The van der Waals surface area contributed by atoms with Crippen LogP contribution >= 0.6 is 0 Å². The Hall–Kier alpha value is -2.54. The van der Waals surface area contributed by atoms with Crippen LogP contribution in [0.25, 0.3) is 11.0 Å². The predicted molar refractivity (Wildman–Crippen MR) is 86.6 cm³/mol. The van der Waals surface area contributed by atoms with Crippen molar-refractivity contribution < 1.29 is 8.42 Å². The summed E-state index contributed by atoms with van der Waals surface area (Å²) in [6.45, 7) is 0. The molecule has 0 aromatic carbocycles. The molecule has 1 aliphatic carbocycles. The van der Waals surface area contributed by atoms with Crippen molar-refractivity contribution in [2.75, 3.05) is 4.72 Å². The standard InChI is InChI=1S/C16H14N4O2S/c21-23(22,15-10-12(5-8-18-15)11-3-4-11)20-14-6-9-17-13-2-1-7-19-16(13)14/h1-2,5-11H,3-4H2,(H,17,20). The van der Waals surface area contributed by atoms with Crippen molar-refractivity contribution in [2.24, 2.45) is 0 Å². The number of pyridine rings is 3. The Balaban J connectivity index is 1.73. The Bertz CT molecular complexity index is 979. The maximum Gasteiger partial charge on any atom is 0.279 e. The zero-order valence-electron chi connectivity index (χ0n) is 12.2. The van der Waals surface area contributed by atoms with Crippen LogP contribution in [0.3, 0.4) is 0 Å². The molecule has 0 saturated heterocycles. The molecular formula is C16H14N4O2S. The molecule has 0 bridgehead atoms. The van der Waals surface area contributed by atoms with Crippen LogP contribution < -0.4 is 4.72 Å². The minimum absolute atomic E-state index is 0.0304. The van der Waals surface area contributed by atoms with Crippen LogP contribution in [0.1, 0.15) is 24.3 Å². The lowest BCUT2D eigenvalue weighted by molar-refractivity contribution is 0.597. The molecule has 4 rings (SSSR count). The van der Waals surface area contributed by atoms with Gasteiger partial charge in [0.15, 0.2) is 5.03 Å². The van der Waals surface area contributed by atoms with Crippen molar-refractivity contribution in [3.05, 3.63) is 54.5 Å². The quantitative estimate of drug-likeness (QED) is 0.797. The van der Waals surface area contributed by atoms with Gasteiger partial charge in [-0.05, 0) is 54.7 Å². The lowest BCUT2D eigenvalue weighted by Crippen LogP contribution is -2.15. The van der Waals surface area contributed by atoms with Crippen LogP contribution in [0.2, 0.25) is 0 Å². The van der Waals surface area contributed by atoms with E-state index >= 15 is 0 Å². The summed E-state index contributed by atoms with van der Waals surface area (Å²) in [6.07, 6.45) is 6.92. The third-order valence-corrected chi connectivity index (χ3v) is 5.09. The van der Waals surface area contributed by atoms with E-state index in [-0.39, 0.29) is 5.03 Å². The van der Waals surface area contributed by atoms with Crippen LogP contribution in [0.4, 0.5) is 5.69 Å². The summed E-state index contributed by atoms with van der Waals surface area (Å²) in [7, 11) is -3.76. The Morgan fingerprint density at radius 3 is 2.65 bits per heavy atom. The first kappa shape index (κ1) is 14.1. The fourth-order valence-corrected chi connectivity index (χ4v) is 3.55. The second-order valence-electron chi connectivity index (χ2n) is 5.54. The van der Waals surface area contributed by atoms with Gasteiger partial charge in [0.1, 0.15) is 5.52 Å². The number of hydrogen-bond donors (Lipinski definition) is 1. The van der Waals surface area contributed by atoms with Crippen molar-refractivity contribution >= 4 is 26.7 Å². The van der Waals surface area contributed by atoms with Gasteiger partial charge in [-0.3, -0.25) is 14.7 Å². The number of sulfonamides is 1.